The Bertz CT molecular complexity index is 352. The summed E-state index contributed by atoms with van der Waals surface area (Å²) in [6.07, 6.45) is 9.85. The molecule has 1 aliphatic heterocycles. The van der Waals surface area contributed by atoms with Gasteiger partial charge < -0.3 is 5.32 Å². The molecule has 16 heavy (non-hydrogen) atoms. The first-order valence-corrected chi connectivity index (χ1v) is 6.78. The largest absolute Gasteiger partial charge is 0.382 e. The highest BCUT2D eigenvalue weighted by Crippen LogP contribution is 2.34. The smallest absolute Gasteiger partial charge is 0.0374 e. The average molecular weight is 215 g/mol. The molecule has 1 aliphatic carbocycles. The summed E-state index contributed by atoms with van der Waals surface area (Å²) in [4.78, 5) is 0. The van der Waals surface area contributed by atoms with Gasteiger partial charge in [-0.2, -0.15) is 0 Å². The SMILES string of the molecule is c1ccc2c(c1)CC[C@H](C1CCCCC1)N2. The van der Waals surface area contributed by atoms with Crippen molar-refractivity contribution in [1.82, 2.24) is 0 Å². The zero-order valence-electron chi connectivity index (χ0n) is 9.91. The minimum absolute atomic E-state index is 0.746. The van der Waals surface area contributed by atoms with Crippen molar-refractivity contribution in [3.8, 4) is 0 Å². The van der Waals surface area contributed by atoms with E-state index in [0.717, 1.165) is 12.0 Å². The Hall–Kier alpha value is -0.980. The minimum atomic E-state index is 0.746. The number of anilines is 1. The lowest BCUT2D eigenvalue weighted by molar-refractivity contribution is 0.305. The van der Waals surface area contributed by atoms with Gasteiger partial charge in [0.1, 0.15) is 0 Å². The molecule has 0 aromatic heterocycles. The number of aryl methyl sites for hydroxylation is 1. The molecule has 0 radical (unpaired) electrons. The third-order valence-corrected chi connectivity index (χ3v) is 4.30. The number of para-hydroxylation sites is 1. The predicted molar refractivity (Wildman–Crippen MR) is 68.7 cm³/mol. The highest BCUT2D eigenvalue weighted by molar-refractivity contribution is 5.53. The van der Waals surface area contributed by atoms with Crippen molar-refractivity contribution in [2.45, 2.75) is 51.0 Å². The van der Waals surface area contributed by atoms with Crippen LogP contribution in [0.2, 0.25) is 0 Å². The fraction of sp³-hybridized carbons (Fsp3) is 0.600. The summed E-state index contributed by atoms with van der Waals surface area (Å²) in [5, 5.41) is 3.77. The van der Waals surface area contributed by atoms with Crippen LogP contribution in [0.1, 0.15) is 44.1 Å². The summed E-state index contributed by atoms with van der Waals surface area (Å²) in [6, 6.07) is 9.55. The van der Waals surface area contributed by atoms with Gasteiger partial charge in [-0.1, -0.05) is 37.5 Å². The van der Waals surface area contributed by atoms with E-state index in [4.69, 9.17) is 0 Å². The van der Waals surface area contributed by atoms with Crippen LogP contribution in [-0.4, -0.2) is 6.04 Å². The molecular weight excluding hydrogens is 194 g/mol. The van der Waals surface area contributed by atoms with E-state index in [2.05, 4.69) is 29.6 Å². The molecule has 1 aromatic carbocycles. The number of benzene rings is 1. The maximum absolute atomic E-state index is 3.77. The molecule has 1 N–H and O–H groups in total. The monoisotopic (exact) mass is 215 g/mol. The molecule has 1 heteroatoms. The van der Waals surface area contributed by atoms with Crippen molar-refractivity contribution in [2.24, 2.45) is 5.92 Å². The Morgan fingerprint density at radius 2 is 1.75 bits per heavy atom. The number of hydrogen-bond donors (Lipinski definition) is 1. The molecular formula is C15H21N. The topological polar surface area (TPSA) is 12.0 Å². The second kappa shape index (κ2) is 4.48. The fourth-order valence-corrected chi connectivity index (χ4v) is 3.35. The van der Waals surface area contributed by atoms with Crippen molar-refractivity contribution >= 4 is 5.69 Å². The van der Waals surface area contributed by atoms with Gasteiger partial charge in [0.2, 0.25) is 0 Å². The molecule has 0 bridgehead atoms. The van der Waals surface area contributed by atoms with Crippen LogP contribution in [0.4, 0.5) is 5.69 Å². The van der Waals surface area contributed by atoms with E-state index < -0.39 is 0 Å². The number of hydrogen-bond acceptors (Lipinski definition) is 1. The lowest BCUT2D eigenvalue weighted by Crippen LogP contribution is -2.34. The van der Waals surface area contributed by atoms with Crippen molar-refractivity contribution < 1.29 is 0 Å². The van der Waals surface area contributed by atoms with E-state index in [-0.39, 0.29) is 0 Å². The molecule has 1 saturated carbocycles. The Labute approximate surface area is 98.3 Å². The Morgan fingerprint density at radius 1 is 0.938 bits per heavy atom. The molecule has 1 heterocycles. The number of nitrogens with one attached hydrogen (secondary N) is 1. The number of rotatable bonds is 1. The Morgan fingerprint density at radius 3 is 2.62 bits per heavy atom. The second-order valence-corrected chi connectivity index (χ2v) is 5.34. The van der Waals surface area contributed by atoms with Gasteiger partial charge in [0.05, 0.1) is 0 Å². The van der Waals surface area contributed by atoms with Gasteiger partial charge in [-0.25, -0.2) is 0 Å². The minimum Gasteiger partial charge on any atom is -0.382 e. The van der Waals surface area contributed by atoms with Gasteiger partial charge in [0.25, 0.3) is 0 Å². The highest BCUT2D eigenvalue weighted by Gasteiger charge is 2.26. The van der Waals surface area contributed by atoms with E-state index in [1.807, 2.05) is 0 Å². The van der Waals surface area contributed by atoms with E-state index in [1.54, 1.807) is 0 Å². The zero-order valence-corrected chi connectivity index (χ0v) is 9.91. The van der Waals surface area contributed by atoms with Crippen molar-refractivity contribution in [2.75, 3.05) is 5.32 Å². The van der Waals surface area contributed by atoms with Gasteiger partial charge in [0.15, 0.2) is 0 Å². The van der Waals surface area contributed by atoms with Crippen molar-refractivity contribution in [3.63, 3.8) is 0 Å². The van der Waals surface area contributed by atoms with E-state index >= 15 is 0 Å². The van der Waals surface area contributed by atoms with Crippen LogP contribution in [0.3, 0.4) is 0 Å². The van der Waals surface area contributed by atoms with Crippen LogP contribution in [0.25, 0.3) is 0 Å². The molecule has 1 atom stereocenters. The Kier molecular flexibility index (Phi) is 2.86. The third kappa shape index (κ3) is 1.95. The summed E-state index contributed by atoms with van der Waals surface area (Å²) in [5.41, 5.74) is 2.90. The van der Waals surface area contributed by atoms with Crippen LogP contribution < -0.4 is 5.32 Å². The van der Waals surface area contributed by atoms with Gasteiger partial charge in [-0.05, 0) is 43.2 Å². The summed E-state index contributed by atoms with van der Waals surface area (Å²) >= 11 is 0. The number of fused-ring (bicyclic) bond motifs is 1. The first-order valence-electron chi connectivity index (χ1n) is 6.78. The Balaban J connectivity index is 1.72. The molecule has 1 fully saturated rings. The summed E-state index contributed by atoms with van der Waals surface area (Å²) < 4.78 is 0. The fourth-order valence-electron chi connectivity index (χ4n) is 3.35. The summed E-state index contributed by atoms with van der Waals surface area (Å²) in [6.45, 7) is 0. The first kappa shape index (κ1) is 10.2. The molecule has 1 aromatic rings. The van der Waals surface area contributed by atoms with E-state index in [9.17, 15) is 0 Å². The third-order valence-electron chi connectivity index (χ3n) is 4.30. The van der Waals surface area contributed by atoms with Gasteiger partial charge in [-0.15, -0.1) is 0 Å². The van der Waals surface area contributed by atoms with Crippen molar-refractivity contribution in [3.05, 3.63) is 29.8 Å². The first-order chi connectivity index (χ1) is 7.93. The van der Waals surface area contributed by atoms with Crippen LogP contribution >= 0.6 is 0 Å². The van der Waals surface area contributed by atoms with Gasteiger partial charge in [-0.3, -0.25) is 0 Å². The highest BCUT2D eigenvalue weighted by atomic mass is 14.9. The second-order valence-electron chi connectivity index (χ2n) is 5.34. The zero-order chi connectivity index (χ0) is 10.8. The van der Waals surface area contributed by atoms with Crippen molar-refractivity contribution in [1.29, 1.82) is 0 Å². The van der Waals surface area contributed by atoms with Crippen LogP contribution in [-0.2, 0) is 6.42 Å². The maximum Gasteiger partial charge on any atom is 0.0374 e. The summed E-state index contributed by atoms with van der Waals surface area (Å²) in [7, 11) is 0. The molecule has 0 unspecified atom stereocenters. The lowest BCUT2D eigenvalue weighted by atomic mass is 9.80. The lowest BCUT2D eigenvalue weighted by Gasteiger charge is -2.35. The predicted octanol–water partition coefficient (Wildman–Crippen LogP) is 3.99. The van der Waals surface area contributed by atoms with Crippen LogP contribution in [0.5, 0.6) is 0 Å². The van der Waals surface area contributed by atoms with Crippen LogP contribution in [0, 0.1) is 5.92 Å². The summed E-state index contributed by atoms with van der Waals surface area (Å²) in [5.74, 6) is 0.933. The standard InChI is InChI=1S/C15H21N/c1-2-6-12(7-3-1)15-11-10-13-8-4-5-9-14(13)16-15/h4-5,8-9,12,15-16H,1-3,6-7,10-11H2/t15-/m1/s1. The van der Waals surface area contributed by atoms with Gasteiger partial charge >= 0.3 is 0 Å². The van der Waals surface area contributed by atoms with Gasteiger partial charge in [0, 0.05) is 11.7 Å². The molecule has 0 amide bonds. The maximum atomic E-state index is 3.77. The molecule has 0 saturated heterocycles. The van der Waals surface area contributed by atoms with E-state index in [1.165, 1.54) is 56.2 Å². The average Bonchev–Trinajstić information content (AvgIpc) is 2.39. The molecule has 86 valence electrons. The molecule has 1 nitrogen and oxygen atoms in total. The van der Waals surface area contributed by atoms with E-state index in [0.29, 0.717) is 0 Å². The molecule has 0 spiro atoms. The normalized spacial score (nSPS) is 25.9. The molecule has 3 rings (SSSR count). The van der Waals surface area contributed by atoms with Crippen LogP contribution in [0.15, 0.2) is 24.3 Å². The molecule has 2 aliphatic rings. The quantitative estimate of drug-likeness (QED) is 0.746.